The van der Waals surface area contributed by atoms with Crippen LogP contribution in [0.3, 0.4) is 0 Å². The summed E-state index contributed by atoms with van der Waals surface area (Å²) in [7, 11) is 3.99. The molecule has 1 N–H and O–H groups in total. The summed E-state index contributed by atoms with van der Waals surface area (Å²) in [5.41, 5.74) is 4.10. The quantitative estimate of drug-likeness (QED) is 0.511. The second kappa shape index (κ2) is 8.35. The van der Waals surface area contributed by atoms with Crippen molar-refractivity contribution in [1.29, 1.82) is 0 Å². The summed E-state index contributed by atoms with van der Waals surface area (Å²) in [6.07, 6.45) is 5.28. The lowest BCUT2D eigenvalue weighted by Gasteiger charge is -2.11. The van der Waals surface area contributed by atoms with Crippen LogP contribution in [0, 0.1) is 0 Å². The molecule has 0 atom stereocenters. The number of hydrogen-bond donors (Lipinski definition) is 1. The van der Waals surface area contributed by atoms with Crippen LogP contribution in [0.2, 0.25) is 0 Å². The van der Waals surface area contributed by atoms with E-state index in [1.54, 1.807) is 12.2 Å². The SMILES string of the molecule is CN(C)c1ccc(C=CC2=NC(=Cc3ccc4cc(CO)ccc4c3)C(=O)O2)cc1. The van der Waals surface area contributed by atoms with Crippen LogP contribution >= 0.6 is 0 Å². The maximum absolute atomic E-state index is 12.2. The van der Waals surface area contributed by atoms with E-state index in [2.05, 4.69) is 4.99 Å². The Balaban J connectivity index is 1.54. The molecule has 0 unspecified atom stereocenters. The lowest BCUT2D eigenvalue weighted by Crippen LogP contribution is -2.07. The minimum atomic E-state index is -0.465. The Bertz CT molecular complexity index is 1190. The third kappa shape index (κ3) is 4.31. The van der Waals surface area contributed by atoms with Gasteiger partial charge < -0.3 is 14.7 Å². The highest BCUT2D eigenvalue weighted by molar-refractivity contribution is 6.11. The van der Waals surface area contributed by atoms with Gasteiger partial charge in [0.1, 0.15) is 0 Å². The zero-order valence-electron chi connectivity index (χ0n) is 16.9. The van der Waals surface area contributed by atoms with E-state index in [0.717, 1.165) is 33.2 Å². The normalized spacial score (nSPS) is 15.1. The highest BCUT2D eigenvalue weighted by atomic mass is 16.6. The predicted octanol–water partition coefficient (Wildman–Crippen LogP) is 4.41. The number of fused-ring (bicyclic) bond motifs is 1. The van der Waals surface area contributed by atoms with Crippen LogP contribution in [0.5, 0.6) is 0 Å². The van der Waals surface area contributed by atoms with E-state index >= 15 is 0 Å². The highest BCUT2D eigenvalue weighted by Crippen LogP contribution is 2.22. The van der Waals surface area contributed by atoms with Crippen molar-refractivity contribution in [3.8, 4) is 0 Å². The van der Waals surface area contributed by atoms with Gasteiger partial charge in [0.2, 0.25) is 5.90 Å². The van der Waals surface area contributed by atoms with Gasteiger partial charge in [0.15, 0.2) is 5.70 Å². The third-order valence-corrected chi connectivity index (χ3v) is 4.88. The smallest absolute Gasteiger partial charge is 0.363 e. The standard InChI is InChI=1S/C25H22N2O3/c1-27(2)22-10-5-17(6-11-22)7-12-24-26-23(25(29)30-24)15-18-3-8-21-14-19(16-28)4-9-20(21)13-18/h3-15,28H,16H2,1-2H3. The van der Waals surface area contributed by atoms with Crippen LogP contribution in [0.4, 0.5) is 5.69 Å². The van der Waals surface area contributed by atoms with Gasteiger partial charge in [-0.05, 0) is 63.9 Å². The minimum Gasteiger partial charge on any atom is -0.403 e. The molecule has 0 aliphatic carbocycles. The molecule has 1 aliphatic rings. The first-order chi connectivity index (χ1) is 14.5. The minimum absolute atomic E-state index is 0.0123. The van der Waals surface area contributed by atoms with Crippen molar-refractivity contribution in [3.05, 3.63) is 89.1 Å². The first kappa shape index (κ1) is 19.6. The fraction of sp³-hybridized carbons (Fsp3) is 0.120. The Hall–Kier alpha value is -3.70. The zero-order valence-corrected chi connectivity index (χ0v) is 16.9. The Labute approximate surface area is 175 Å². The molecule has 3 aromatic rings. The number of hydrogen-bond acceptors (Lipinski definition) is 5. The average Bonchev–Trinajstić information content (AvgIpc) is 3.11. The molecular formula is C25H22N2O3. The molecule has 4 rings (SSSR count). The molecular weight excluding hydrogens is 376 g/mol. The van der Waals surface area contributed by atoms with Gasteiger partial charge in [-0.25, -0.2) is 9.79 Å². The number of carbonyl (C=O) groups excluding carboxylic acids is 1. The van der Waals surface area contributed by atoms with Gasteiger partial charge in [-0.3, -0.25) is 0 Å². The molecule has 0 radical (unpaired) electrons. The Morgan fingerprint density at radius 1 is 0.933 bits per heavy atom. The number of esters is 1. The summed E-state index contributed by atoms with van der Waals surface area (Å²) < 4.78 is 5.27. The zero-order chi connectivity index (χ0) is 21.1. The molecule has 1 aliphatic heterocycles. The van der Waals surface area contributed by atoms with Crippen LogP contribution < -0.4 is 4.90 Å². The van der Waals surface area contributed by atoms with E-state index in [1.165, 1.54) is 0 Å². The van der Waals surface area contributed by atoms with Crippen molar-refractivity contribution in [1.82, 2.24) is 0 Å². The Morgan fingerprint density at radius 2 is 1.63 bits per heavy atom. The molecule has 150 valence electrons. The van der Waals surface area contributed by atoms with Crippen molar-refractivity contribution in [2.24, 2.45) is 4.99 Å². The number of anilines is 1. The lowest BCUT2D eigenvalue weighted by atomic mass is 10.0. The van der Waals surface area contributed by atoms with Crippen molar-refractivity contribution >= 4 is 40.5 Å². The Kier molecular flexibility index (Phi) is 5.46. The number of aliphatic imine (C=N–C) groups is 1. The molecule has 30 heavy (non-hydrogen) atoms. The van der Waals surface area contributed by atoms with Gasteiger partial charge in [-0.2, -0.15) is 0 Å². The second-order valence-corrected chi connectivity index (χ2v) is 7.29. The molecule has 5 nitrogen and oxygen atoms in total. The van der Waals surface area contributed by atoms with E-state index in [9.17, 15) is 9.90 Å². The first-order valence-corrected chi connectivity index (χ1v) is 9.63. The number of carbonyl (C=O) groups is 1. The van der Waals surface area contributed by atoms with E-state index < -0.39 is 5.97 Å². The van der Waals surface area contributed by atoms with E-state index in [1.807, 2.05) is 85.7 Å². The summed E-state index contributed by atoms with van der Waals surface area (Å²) in [5, 5.41) is 11.3. The fourth-order valence-corrected chi connectivity index (χ4v) is 3.21. The average molecular weight is 398 g/mol. The third-order valence-electron chi connectivity index (χ3n) is 4.88. The van der Waals surface area contributed by atoms with Gasteiger partial charge in [0.25, 0.3) is 0 Å². The number of benzene rings is 3. The van der Waals surface area contributed by atoms with Gasteiger partial charge >= 0.3 is 5.97 Å². The molecule has 0 amide bonds. The number of ether oxygens (including phenoxy) is 1. The number of nitrogens with zero attached hydrogens (tertiary/aromatic N) is 2. The summed E-state index contributed by atoms with van der Waals surface area (Å²) >= 11 is 0. The Morgan fingerprint density at radius 3 is 2.37 bits per heavy atom. The molecule has 5 heteroatoms. The van der Waals surface area contributed by atoms with E-state index in [-0.39, 0.29) is 18.2 Å². The second-order valence-electron chi connectivity index (χ2n) is 7.29. The fourth-order valence-electron chi connectivity index (χ4n) is 3.21. The van der Waals surface area contributed by atoms with Gasteiger partial charge in [0.05, 0.1) is 6.61 Å². The molecule has 0 spiro atoms. The van der Waals surface area contributed by atoms with Crippen LogP contribution in [-0.4, -0.2) is 31.1 Å². The maximum atomic E-state index is 12.2. The van der Waals surface area contributed by atoms with Crippen LogP contribution in [-0.2, 0) is 16.1 Å². The predicted molar refractivity (Wildman–Crippen MR) is 121 cm³/mol. The van der Waals surface area contributed by atoms with Crippen LogP contribution in [0.15, 0.2) is 77.4 Å². The van der Waals surface area contributed by atoms with E-state index in [4.69, 9.17) is 4.74 Å². The topological polar surface area (TPSA) is 62.1 Å². The monoisotopic (exact) mass is 398 g/mol. The first-order valence-electron chi connectivity index (χ1n) is 9.63. The molecule has 1 heterocycles. The molecule has 3 aromatic carbocycles. The summed E-state index contributed by atoms with van der Waals surface area (Å²) in [5.74, 6) is -0.190. The molecule has 0 bridgehead atoms. The van der Waals surface area contributed by atoms with Crippen LogP contribution in [0.25, 0.3) is 22.9 Å². The maximum Gasteiger partial charge on any atom is 0.363 e. The van der Waals surface area contributed by atoms with Gasteiger partial charge in [0, 0.05) is 25.9 Å². The van der Waals surface area contributed by atoms with Crippen molar-refractivity contribution in [3.63, 3.8) is 0 Å². The number of rotatable bonds is 5. The summed E-state index contributed by atoms with van der Waals surface area (Å²) in [6, 6.07) is 19.7. The van der Waals surface area contributed by atoms with Crippen molar-refractivity contribution in [2.45, 2.75) is 6.61 Å². The molecule has 0 fully saturated rings. The van der Waals surface area contributed by atoms with E-state index in [0.29, 0.717) is 0 Å². The van der Waals surface area contributed by atoms with Crippen LogP contribution in [0.1, 0.15) is 16.7 Å². The molecule has 0 aromatic heterocycles. The van der Waals surface area contributed by atoms with Gasteiger partial charge in [-0.1, -0.05) is 36.4 Å². The highest BCUT2D eigenvalue weighted by Gasteiger charge is 2.21. The number of aliphatic hydroxyl groups excluding tert-OH is 1. The molecule has 0 saturated carbocycles. The van der Waals surface area contributed by atoms with Gasteiger partial charge in [-0.15, -0.1) is 0 Å². The summed E-state index contributed by atoms with van der Waals surface area (Å²) in [6.45, 7) is 0.0123. The van der Waals surface area contributed by atoms with Crippen molar-refractivity contribution in [2.75, 3.05) is 19.0 Å². The lowest BCUT2D eigenvalue weighted by molar-refractivity contribution is -0.129. The molecule has 0 saturated heterocycles. The van der Waals surface area contributed by atoms with Crippen molar-refractivity contribution < 1.29 is 14.6 Å². The summed E-state index contributed by atoms with van der Waals surface area (Å²) in [4.78, 5) is 18.5. The number of aliphatic hydroxyl groups is 1. The largest absolute Gasteiger partial charge is 0.403 e. The number of cyclic esters (lactones) is 1.